The van der Waals surface area contributed by atoms with Crippen LogP contribution in [0.15, 0.2) is 146 Å². The fourth-order valence-corrected chi connectivity index (χ4v) is 6.91. The summed E-state index contributed by atoms with van der Waals surface area (Å²) in [6, 6.07) is 36.4. The summed E-state index contributed by atoms with van der Waals surface area (Å²) in [5.41, 5.74) is 5.20. The molecule has 6 aromatic carbocycles. The van der Waals surface area contributed by atoms with Gasteiger partial charge in [0.2, 0.25) is 0 Å². The van der Waals surface area contributed by atoms with Crippen molar-refractivity contribution in [1.82, 2.24) is 0 Å². The normalized spacial score (nSPS) is 10.3. The van der Waals surface area contributed by atoms with Crippen LogP contribution in [0.1, 0.15) is 87.1 Å². The van der Waals surface area contributed by atoms with Crippen LogP contribution in [0, 0.1) is 0 Å². The van der Waals surface area contributed by atoms with Crippen molar-refractivity contribution in [1.29, 1.82) is 0 Å². The standard InChI is InChI=1S/2C30H30N2O9/c2*1-20(33)19-21-3-5-22(6-4-21)27(34)40-17-18-41-29(36)24-9-13-26(14-10-24)32-30(37)31-25-11-7-23(8-12-25)28(35)39-16-15-38-2/h2*3-14H,15-19H2,1-2H3,(H2,31,32,37). The van der Waals surface area contributed by atoms with E-state index in [1.54, 1.807) is 72.8 Å². The minimum Gasteiger partial charge on any atom is -0.460 e. The highest BCUT2D eigenvalue weighted by Crippen LogP contribution is 2.17. The van der Waals surface area contributed by atoms with E-state index in [-0.39, 0.29) is 62.3 Å². The predicted molar refractivity (Wildman–Crippen MR) is 298 cm³/mol. The Morgan fingerprint density at radius 2 is 0.463 bits per heavy atom. The Labute approximate surface area is 471 Å². The van der Waals surface area contributed by atoms with E-state index in [9.17, 15) is 47.9 Å². The Morgan fingerprint density at radius 1 is 0.280 bits per heavy atom. The largest absolute Gasteiger partial charge is 0.460 e. The molecule has 22 heteroatoms. The molecule has 0 aliphatic rings. The van der Waals surface area contributed by atoms with Crippen LogP contribution < -0.4 is 21.3 Å². The summed E-state index contributed by atoms with van der Waals surface area (Å²) in [5, 5.41) is 10.6. The molecule has 6 rings (SSSR count). The van der Waals surface area contributed by atoms with Crippen LogP contribution in [-0.2, 0) is 60.3 Å². The number of methoxy groups -OCH3 is 2. The van der Waals surface area contributed by atoms with Gasteiger partial charge in [0.1, 0.15) is 51.2 Å². The smallest absolute Gasteiger partial charge is 0.338 e. The fraction of sp³-hybridized carbons (Fsp3) is 0.233. The van der Waals surface area contributed by atoms with Crippen LogP contribution in [0.4, 0.5) is 32.3 Å². The number of Topliss-reactive ketones (excluding diaryl/α,β-unsaturated/α-hetero) is 2. The highest BCUT2D eigenvalue weighted by molar-refractivity contribution is 6.02. The molecule has 0 saturated heterocycles. The molecule has 0 radical (unpaired) electrons. The second-order valence-corrected chi connectivity index (χ2v) is 17.4. The molecule has 82 heavy (non-hydrogen) atoms. The van der Waals surface area contributed by atoms with Crippen molar-refractivity contribution in [3.05, 3.63) is 190 Å². The lowest BCUT2D eigenvalue weighted by molar-refractivity contribution is -0.117. The zero-order valence-electron chi connectivity index (χ0n) is 45.3. The van der Waals surface area contributed by atoms with E-state index in [1.165, 1.54) is 101 Å². The van der Waals surface area contributed by atoms with Crippen LogP contribution in [0.2, 0.25) is 0 Å². The maximum Gasteiger partial charge on any atom is 0.338 e. The first-order valence-corrected chi connectivity index (χ1v) is 25.2. The third kappa shape index (κ3) is 22.4. The van der Waals surface area contributed by atoms with Gasteiger partial charge in [-0.05, 0) is 146 Å². The Kier molecular flexibility index (Phi) is 25.6. The maximum absolute atomic E-state index is 12.3. The van der Waals surface area contributed by atoms with E-state index in [4.69, 9.17) is 37.9 Å². The fourth-order valence-electron chi connectivity index (χ4n) is 6.91. The third-order valence-electron chi connectivity index (χ3n) is 10.9. The van der Waals surface area contributed by atoms with Gasteiger partial charge in [0.05, 0.1) is 46.6 Å². The lowest BCUT2D eigenvalue weighted by Gasteiger charge is -2.10. The summed E-state index contributed by atoms with van der Waals surface area (Å²) in [4.78, 5) is 120. The summed E-state index contributed by atoms with van der Waals surface area (Å²) >= 11 is 0. The molecule has 22 nitrogen and oxygen atoms in total. The van der Waals surface area contributed by atoms with E-state index >= 15 is 0 Å². The highest BCUT2D eigenvalue weighted by atomic mass is 16.6. The summed E-state index contributed by atoms with van der Waals surface area (Å²) in [6.45, 7) is 3.33. The molecule has 6 aromatic rings. The van der Waals surface area contributed by atoms with Gasteiger partial charge in [0.15, 0.2) is 0 Å². The summed E-state index contributed by atoms with van der Waals surface area (Å²) < 4.78 is 40.3. The topological polar surface area (TPSA) is 293 Å². The van der Waals surface area contributed by atoms with Gasteiger partial charge in [-0.1, -0.05) is 24.3 Å². The van der Waals surface area contributed by atoms with Gasteiger partial charge in [-0.15, -0.1) is 0 Å². The average Bonchev–Trinajstić information content (AvgIpc) is 3.47. The van der Waals surface area contributed by atoms with Crippen LogP contribution in [-0.4, -0.2) is 127 Å². The molecule has 0 fully saturated rings. The Hall–Kier alpha value is -10.1. The van der Waals surface area contributed by atoms with Crippen molar-refractivity contribution in [2.24, 2.45) is 0 Å². The monoisotopic (exact) mass is 1120 g/mol. The van der Waals surface area contributed by atoms with E-state index in [2.05, 4.69) is 21.3 Å². The number of urea groups is 2. The molecule has 0 unspecified atom stereocenters. The van der Waals surface area contributed by atoms with Crippen molar-refractivity contribution in [3.63, 3.8) is 0 Å². The van der Waals surface area contributed by atoms with Gasteiger partial charge in [-0.25, -0.2) is 38.4 Å². The summed E-state index contributed by atoms with van der Waals surface area (Å²) in [5.74, 6) is -3.31. The molecular weight excluding hydrogens is 1060 g/mol. The average molecular weight is 1130 g/mol. The predicted octanol–water partition coefficient (Wildman–Crippen LogP) is 8.56. The maximum atomic E-state index is 12.3. The van der Waals surface area contributed by atoms with Crippen LogP contribution in [0.5, 0.6) is 0 Å². The van der Waals surface area contributed by atoms with Crippen molar-refractivity contribution in [2.75, 3.05) is 88.3 Å². The van der Waals surface area contributed by atoms with Crippen LogP contribution >= 0.6 is 0 Å². The van der Waals surface area contributed by atoms with Crippen molar-refractivity contribution >= 4 is 82.2 Å². The van der Waals surface area contributed by atoms with Crippen LogP contribution in [0.25, 0.3) is 0 Å². The SMILES string of the molecule is COCCOC(=O)c1ccc(NC(=O)Nc2ccc(C(=O)OCCOC(=O)c3ccc(CC(C)=O)cc3)cc2)cc1.COCCOC(=O)c1ccc(NC(=O)Nc2ccc(C(=O)OCCOC(=O)c3ccc(CC(C)=O)cc3)cc2)cc1. The zero-order chi connectivity index (χ0) is 59.2. The first-order chi connectivity index (χ1) is 39.5. The lowest BCUT2D eigenvalue weighted by Crippen LogP contribution is -2.19. The molecule has 0 aliphatic carbocycles. The van der Waals surface area contributed by atoms with E-state index in [1.807, 2.05) is 0 Å². The number of ether oxygens (including phenoxy) is 8. The van der Waals surface area contributed by atoms with Crippen molar-refractivity contribution in [3.8, 4) is 0 Å². The van der Waals surface area contributed by atoms with Crippen molar-refractivity contribution in [2.45, 2.75) is 26.7 Å². The number of amides is 4. The zero-order valence-corrected chi connectivity index (χ0v) is 45.3. The van der Waals surface area contributed by atoms with Gasteiger partial charge in [-0.3, -0.25) is 9.59 Å². The van der Waals surface area contributed by atoms with Crippen molar-refractivity contribution < 1.29 is 85.8 Å². The number of esters is 6. The number of carbonyl (C=O) groups is 10. The lowest BCUT2D eigenvalue weighted by atomic mass is 10.1. The molecule has 4 N–H and O–H groups in total. The summed E-state index contributed by atoms with van der Waals surface area (Å²) in [6.07, 6.45) is 0.585. The molecule has 0 aromatic heterocycles. The number of nitrogens with one attached hydrogen (secondary N) is 4. The quantitative estimate of drug-likeness (QED) is 0.0225. The molecule has 4 amide bonds. The highest BCUT2D eigenvalue weighted by Gasteiger charge is 2.15. The van der Waals surface area contributed by atoms with E-state index < -0.39 is 47.9 Å². The Morgan fingerprint density at radius 3 is 0.646 bits per heavy atom. The third-order valence-corrected chi connectivity index (χ3v) is 10.9. The van der Waals surface area contributed by atoms with Gasteiger partial charge >= 0.3 is 47.9 Å². The van der Waals surface area contributed by atoms with Gasteiger partial charge in [0.25, 0.3) is 0 Å². The van der Waals surface area contributed by atoms with E-state index in [0.29, 0.717) is 71.1 Å². The molecule has 0 heterocycles. The number of rotatable bonds is 26. The van der Waals surface area contributed by atoms with Gasteiger partial charge in [-0.2, -0.15) is 0 Å². The number of hydrogen-bond donors (Lipinski definition) is 4. The number of carbonyl (C=O) groups excluding carboxylic acids is 10. The first kappa shape index (κ1) is 62.8. The summed E-state index contributed by atoms with van der Waals surface area (Å²) in [7, 11) is 3.02. The molecule has 428 valence electrons. The second kappa shape index (κ2) is 33.4. The molecule has 0 aliphatic heterocycles. The number of anilines is 4. The molecule has 0 atom stereocenters. The van der Waals surface area contributed by atoms with Gasteiger partial charge in [0, 0.05) is 49.8 Å². The van der Waals surface area contributed by atoms with E-state index in [0.717, 1.165) is 11.1 Å². The van der Waals surface area contributed by atoms with Crippen LogP contribution in [0.3, 0.4) is 0 Å². The molecule has 0 saturated carbocycles. The number of benzene rings is 6. The number of ketones is 2. The molecule has 0 spiro atoms. The van der Waals surface area contributed by atoms with Gasteiger partial charge < -0.3 is 59.2 Å². The second-order valence-electron chi connectivity index (χ2n) is 17.4. The number of hydrogen-bond acceptors (Lipinski definition) is 18. The minimum absolute atomic E-state index is 0.0254. The first-order valence-electron chi connectivity index (χ1n) is 25.2. The Balaban J connectivity index is 0.000000301. The minimum atomic E-state index is -0.619. The Bertz CT molecular complexity index is 2920. The molecular formula is C60H60N4O18. The molecule has 0 bridgehead atoms.